The average Bonchev–Trinajstić information content (AvgIpc) is 2.85. The first-order valence-corrected chi connectivity index (χ1v) is 7.35. The van der Waals surface area contributed by atoms with Crippen LogP contribution in [-0.4, -0.2) is 13.1 Å². The Kier molecular flexibility index (Phi) is 4.88. The number of methoxy groups -OCH3 is 1. The molecule has 1 aromatic heterocycles. The molecule has 0 amide bonds. The quantitative estimate of drug-likeness (QED) is 0.706. The number of rotatable bonds is 4. The van der Waals surface area contributed by atoms with Gasteiger partial charge < -0.3 is 13.9 Å². The number of benzene rings is 1. The van der Waals surface area contributed by atoms with Gasteiger partial charge >= 0.3 is 5.97 Å². The largest absolute Gasteiger partial charge is 0.483 e. The molecule has 0 unspecified atom stereocenters. The Morgan fingerprint density at radius 1 is 1.25 bits per heavy atom. The van der Waals surface area contributed by atoms with Gasteiger partial charge in [0, 0.05) is 0 Å². The van der Waals surface area contributed by atoms with Crippen LogP contribution in [0.5, 0.6) is 5.75 Å². The highest BCUT2D eigenvalue weighted by Crippen LogP contribution is 2.35. The van der Waals surface area contributed by atoms with E-state index in [4.69, 9.17) is 9.15 Å². The van der Waals surface area contributed by atoms with Gasteiger partial charge in [0.25, 0.3) is 0 Å². The smallest absolute Gasteiger partial charge is 0.373 e. The van der Waals surface area contributed by atoms with Crippen LogP contribution in [0.25, 0.3) is 0 Å². The van der Waals surface area contributed by atoms with Crippen LogP contribution in [0, 0.1) is 6.92 Å². The van der Waals surface area contributed by atoms with Crippen LogP contribution in [0.15, 0.2) is 37.6 Å². The summed E-state index contributed by atoms with van der Waals surface area (Å²) in [4.78, 5) is 11.3. The molecule has 106 valence electrons. The summed E-state index contributed by atoms with van der Waals surface area (Å²) in [5.74, 6) is 0.887. The van der Waals surface area contributed by atoms with Gasteiger partial charge in [-0.2, -0.15) is 0 Å². The molecule has 0 radical (unpaired) electrons. The van der Waals surface area contributed by atoms with E-state index >= 15 is 0 Å². The Bertz CT molecular complexity index is 611. The molecule has 0 spiro atoms. The van der Waals surface area contributed by atoms with Crippen molar-refractivity contribution in [1.82, 2.24) is 0 Å². The fraction of sp³-hybridized carbons (Fsp3) is 0.214. The van der Waals surface area contributed by atoms with Crippen LogP contribution in [-0.2, 0) is 11.3 Å². The van der Waals surface area contributed by atoms with Gasteiger partial charge in [0.15, 0.2) is 0 Å². The second-order valence-corrected chi connectivity index (χ2v) is 5.81. The molecule has 0 fully saturated rings. The summed E-state index contributed by atoms with van der Waals surface area (Å²) in [5, 5.41) is 0. The standard InChI is InChI=1S/C14H12Br2O4/c1-8-5-10(15)13(11(16)6-8)19-7-9-3-4-12(20-9)14(17)18-2/h3-6H,7H2,1-2H3. The summed E-state index contributed by atoms with van der Waals surface area (Å²) in [6, 6.07) is 7.16. The fourth-order valence-electron chi connectivity index (χ4n) is 1.63. The predicted octanol–water partition coefficient (Wildman–Crippen LogP) is 4.48. The van der Waals surface area contributed by atoms with Gasteiger partial charge in [0.05, 0.1) is 16.1 Å². The van der Waals surface area contributed by atoms with Crippen LogP contribution in [0.3, 0.4) is 0 Å². The summed E-state index contributed by atoms with van der Waals surface area (Å²) >= 11 is 6.90. The highest BCUT2D eigenvalue weighted by Gasteiger charge is 2.13. The van der Waals surface area contributed by atoms with Crippen molar-refractivity contribution in [2.75, 3.05) is 7.11 Å². The first-order chi connectivity index (χ1) is 9.51. The number of hydrogen-bond donors (Lipinski definition) is 0. The molecular weight excluding hydrogens is 392 g/mol. The molecule has 6 heteroatoms. The maximum absolute atomic E-state index is 11.3. The van der Waals surface area contributed by atoms with Crippen LogP contribution in [0.1, 0.15) is 21.9 Å². The number of aryl methyl sites for hydroxylation is 1. The van der Waals surface area contributed by atoms with Crippen LogP contribution in [0.4, 0.5) is 0 Å². The SMILES string of the molecule is COC(=O)c1ccc(COc2c(Br)cc(C)cc2Br)o1. The lowest BCUT2D eigenvalue weighted by Gasteiger charge is -2.10. The maximum atomic E-state index is 11.3. The summed E-state index contributed by atoms with van der Waals surface area (Å²) in [6.07, 6.45) is 0. The lowest BCUT2D eigenvalue weighted by atomic mass is 10.2. The van der Waals surface area contributed by atoms with E-state index < -0.39 is 5.97 Å². The number of furan rings is 1. The van der Waals surface area contributed by atoms with Crippen molar-refractivity contribution in [3.05, 3.63) is 50.3 Å². The van der Waals surface area contributed by atoms with Crippen molar-refractivity contribution in [2.24, 2.45) is 0 Å². The van der Waals surface area contributed by atoms with E-state index in [1.165, 1.54) is 7.11 Å². The van der Waals surface area contributed by atoms with E-state index in [9.17, 15) is 4.79 Å². The molecule has 1 heterocycles. The van der Waals surface area contributed by atoms with E-state index in [1.807, 2.05) is 19.1 Å². The minimum absolute atomic E-state index is 0.160. The lowest BCUT2D eigenvalue weighted by molar-refractivity contribution is 0.0561. The van der Waals surface area contributed by atoms with E-state index in [0.717, 1.165) is 14.5 Å². The van der Waals surface area contributed by atoms with Gasteiger partial charge in [0.1, 0.15) is 18.1 Å². The molecular formula is C14H12Br2O4. The highest BCUT2D eigenvalue weighted by molar-refractivity contribution is 9.11. The predicted molar refractivity (Wildman–Crippen MR) is 81.0 cm³/mol. The average molecular weight is 404 g/mol. The van der Waals surface area contributed by atoms with Crippen LogP contribution < -0.4 is 4.74 Å². The summed E-state index contributed by atoms with van der Waals surface area (Å²) in [7, 11) is 1.31. The molecule has 0 aliphatic rings. The van der Waals surface area contributed by atoms with E-state index in [2.05, 4.69) is 36.6 Å². The third-order valence-electron chi connectivity index (χ3n) is 2.55. The zero-order chi connectivity index (χ0) is 14.7. The number of carbonyl (C=O) groups excluding carboxylic acids is 1. The van der Waals surface area contributed by atoms with Crippen molar-refractivity contribution >= 4 is 37.8 Å². The van der Waals surface area contributed by atoms with Crippen LogP contribution >= 0.6 is 31.9 Å². The maximum Gasteiger partial charge on any atom is 0.373 e. The van der Waals surface area contributed by atoms with Crippen molar-refractivity contribution in [3.63, 3.8) is 0 Å². The molecule has 4 nitrogen and oxygen atoms in total. The number of esters is 1. The van der Waals surface area contributed by atoms with Crippen molar-refractivity contribution in [2.45, 2.75) is 13.5 Å². The van der Waals surface area contributed by atoms with Gasteiger partial charge in [-0.25, -0.2) is 4.79 Å². The molecule has 0 saturated heterocycles. The van der Waals surface area contributed by atoms with Crippen molar-refractivity contribution < 1.29 is 18.7 Å². The zero-order valence-electron chi connectivity index (χ0n) is 10.9. The Morgan fingerprint density at radius 3 is 2.50 bits per heavy atom. The first-order valence-electron chi connectivity index (χ1n) is 5.76. The van der Waals surface area contributed by atoms with E-state index in [0.29, 0.717) is 11.5 Å². The molecule has 0 saturated carbocycles. The molecule has 0 atom stereocenters. The Labute approximate surface area is 133 Å². The number of hydrogen-bond acceptors (Lipinski definition) is 4. The molecule has 2 aromatic rings. The fourth-order valence-corrected chi connectivity index (χ4v) is 3.28. The Hall–Kier alpha value is -1.27. The molecule has 0 aliphatic carbocycles. The van der Waals surface area contributed by atoms with E-state index in [-0.39, 0.29) is 12.4 Å². The summed E-state index contributed by atoms with van der Waals surface area (Å²) in [5.41, 5.74) is 1.11. The number of halogens is 2. The minimum atomic E-state index is -0.506. The molecule has 0 bridgehead atoms. The molecule has 0 aliphatic heterocycles. The topological polar surface area (TPSA) is 48.7 Å². The second-order valence-electron chi connectivity index (χ2n) is 4.10. The third kappa shape index (κ3) is 3.43. The van der Waals surface area contributed by atoms with Gasteiger partial charge in [-0.3, -0.25) is 0 Å². The highest BCUT2D eigenvalue weighted by atomic mass is 79.9. The van der Waals surface area contributed by atoms with Gasteiger partial charge in [-0.05, 0) is 68.6 Å². The molecule has 0 N–H and O–H groups in total. The second kappa shape index (κ2) is 6.45. The van der Waals surface area contributed by atoms with Gasteiger partial charge in [-0.1, -0.05) is 0 Å². The minimum Gasteiger partial charge on any atom is -0.483 e. The monoisotopic (exact) mass is 402 g/mol. The van der Waals surface area contributed by atoms with Crippen molar-refractivity contribution in [3.8, 4) is 5.75 Å². The molecule has 20 heavy (non-hydrogen) atoms. The lowest BCUT2D eigenvalue weighted by Crippen LogP contribution is -1.99. The van der Waals surface area contributed by atoms with Crippen LogP contribution in [0.2, 0.25) is 0 Å². The zero-order valence-corrected chi connectivity index (χ0v) is 14.1. The van der Waals surface area contributed by atoms with E-state index in [1.54, 1.807) is 12.1 Å². The van der Waals surface area contributed by atoms with Gasteiger partial charge in [0.2, 0.25) is 5.76 Å². The molecule has 2 rings (SSSR count). The Morgan fingerprint density at radius 2 is 1.90 bits per heavy atom. The summed E-state index contributed by atoms with van der Waals surface area (Å²) < 4.78 is 17.3. The Balaban J connectivity index is 2.09. The summed E-state index contributed by atoms with van der Waals surface area (Å²) in [6.45, 7) is 2.21. The van der Waals surface area contributed by atoms with Gasteiger partial charge in [-0.15, -0.1) is 0 Å². The number of carbonyl (C=O) groups is 1. The normalized spacial score (nSPS) is 10.4. The number of ether oxygens (including phenoxy) is 2. The van der Waals surface area contributed by atoms with Crippen molar-refractivity contribution in [1.29, 1.82) is 0 Å². The first kappa shape index (κ1) is 15.1. The third-order valence-corrected chi connectivity index (χ3v) is 3.73. The molecule has 1 aromatic carbocycles.